The SMILES string of the molecule is CCCc1c(NN)ncnc1Oc1cc(F)ccc1Br. The van der Waals surface area contributed by atoms with Crippen molar-refractivity contribution in [3.05, 3.63) is 40.4 Å². The van der Waals surface area contributed by atoms with Crippen molar-refractivity contribution in [1.29, 1.82) is 0 Å². The zero-order valence-electron chi connectivity index (χ0n) is 10.9. The molecule has 0 amide bonds. The maximum atomic E-state index is 13.3. The second-order valence-corrected chi connectivity index (χ2v) is 4.93. The lowest BCUT2D eigenvalue weighted by Crippen LogP contribution is -2.12. The second-order valence-electron chi connectivity index (χ2n) is 4.08. The Labute approximate surface area is 124 Å². The number of rotatable bonds is 5. The van der Waals surface area contributed by atoms with Gasteiger partial charge >= 0.3 is 0 Å². The topological polar surface area (TPSA) is 73.1 Å². The standard InChI is InChI=1S/C13H14BrFN4O/c1-2-3-9-12(19-16)17-7-18-13(9)20-11-6-8(15)4-5-10(11)14/h4-7H,2-3,16H2,1H3,(H,17,18,19). The fourth-order valence-corrected chi connectivity index (χ4v) is 2.07. The Morgan fingerprint density at radius 3 is 2.90 bits per heavy atom. The lowest BCUT2D eigenvalue weighted by atomic mass is 10.2. The van der Waals surface area contributed by atoms with Gasteiger partial charge in [0.15, 0.2) is 0 Å². The maximum absolute atomic E-state index is 13.3. The van der Waals surface area contributed by atoms with Gasteiger partial charge in [-0.2, -0.15) is 0 Å². The van der Waals surface area contributed by atoms with Crippen LogP contribution >= 0.6 is 15.9 Å². The number of benzene rings is 1. The molecular weight excluding hydrogens is 327 g/mol. The van der Waals surface area contributed by atoms with Gasteiger partial charge in [-0.25, -0.2) is 20.2 Å². The molecule has 5 nitrogen and oxygen atoms in total. The minimum Gasteiger partial charge on any atom is -0.437 e. The number of nitrogens with zero attached hydrogens (tertiary/aromatic N) is 2. The van der Waals surface area contributed by atoms with E-state index in [2.05, 4.69) is 31.3 Å². The smallest absolute Gasteiger partial charge is 0.227 e. The van der Waals surface area contributed by atoms with E-state index in [1.165, 1.54) is 18.5 Å². The third-order valence-electron chi connectivity index (χ3n) is 2.64. The van der Waals surface area contributed by atoms with Crippen LogP contribution < -0.4 is 16.0 Å². The summed E-state index contributed by atoms with van der Waals surface area (Å²) in [5, 5.41) is 0. The van der Waals surface area contributed by atoms with Crippen LogP contribution in [-0.2, 0) is 6.42 Å². The van der Waals surface area contributed by atoms with Gasteiger partial charge in [0.05, 0.1) is 10.0 Å². The first-order valence-electron chi connectivity index (χ1n) is 6.09. The number of hydrogen-bond donors (Lipinski definition) is 2. The normalized spacial score (nSPS) is 10.4. The predicted octanol–water partition coefficient (Wildman–Crippen LogP) is 3.41. The number of hydrazine groups is 1. The number of anilines is 1. The number of nitrogen functional groups attached to an aromatic ring is 1. The molecule has 1 aromatic carbocycles. The molecule has 1 heterocycles. The van der Waals surface area contributed by atoms with E-state index < -0.39 is 0 Å². The quantitative estimate of drug-likeness (QED) is 0.644. The Balaban J connectivity index is 2.39. The average Bonchev–Trinajstić information content (AvgIpc) is 2.45. The van der Waals surface area contributed by atoms with Crippen molar-refractivity contribution in [2.75, 3.05) is 5.43 Å². The summed E-state index contributed by atoms with van der Waals surface area (Å²) in [6, 6.07) is 4.21. The van der Waals surface area contributed by atoms with Crippen LogP contribution in [-0.4, -0.2) is 9.97 Å². The van der Waals surface area contributed by atoms with Gasteiger partial charge < -0.3 is 10.2 Å². The van der Waals surface area contributed by atoms with Crippen LogP contribution in [0, 0.1) is 5.82 Å². The van der Waals surface area contributed by atoms with Gasteiger partial charge in [0.2, 0.25) is 5.88 Å². The molecule has 0 spiro atoms. The summed E-state index contributed by atoms with van der Waals surface area (Å²) in [5.74, 6) is 6.27. The number of ether oxygens (including phenoxy) is 1. The number of nitrogens with two attached hydrogens (primary N) is 1. The van der Waals surface area contributed by atoms with Gasteiger partial charge in [-0.15, -0.1) is 0 Å². The minimum atomic E-state index is -0.383. The van der Waals surface area contributed by atoms with Crippen LogP contribution in [0.2, 0.25) is 0 Å². The van der Waals surface area contributed by atoms with Crippen LogP contribution in [0.3, 0.4) is 0 Å². The zero-order valence-corrected chi connectivity index (χ0v) is 12.4. The van der Waals surface area contributed by atoms with Gasteiger partial charge in [0.25, 0.3) is 0 Å². The van der Waals surface area contributed by atoms with Crippen LogP contribution in [0.4, 0.5) is 10.2 Å². The van der Waals surface area contributed by atoms with E-state index in [9.17, 15) is 4.39 Å². The van der Waals surface area contributed by atoms with E-state index in [-0.39, 0.29) is 5.82 Å². The first-order chi connectivity index (χ1) is 9.65. The molecule has 0 unspecified atom stereocenters. The molecule has 3 N–H and O–H groups in total. The maximum Gasteiger partial charge on any atom is 0.227 e. The molecule has 0 aliphatic rings. The van der Waals surface area contributed by atoms with Crippen LogP contribution in [0.15, 0.2) is 29.0 Å². The minimum absolute atomic E-state index is 0.351. The highest BCUT2D eigenvalue weighted by molar-refractivity contribution is 9.10. The van der Waals surface area contributed by atoms with Crippen molar-refractivity contribution in [3.8, 4) is 11.6 Å². The predicted molar refractivity (Wildman–Crippen MR) is 78.0 cm³/mol. The molecule has 20 heavy (non-hydrogen) atoms. The fraction of sp³-hybridized carbons (Fsp3) is 0.231. The van der Waals surface area contributed by atoms with Gasteiger partial charge in [-0.1, -0.05) is 13.3 Å². The molecule has 0 aliphatic heterocycles. The molecule has 0 saturated heterocycles. The fourth-order valence-electron chi connectivity index (χ4n) is 1.74. The Morgan fingerprint density at radius 1 is 1.40 bits per heavy atom. The van der Waals surface area contributed by atoms with Gasteiger partial charge in [-0.3, -0.25) is 0 Å². The largest absolute Gasteiger partial charge is 0.437 e. The molecule has 0 radical (unpaired) electrons. The molecule has 1 aromatic heterocycles. The highest BCUT2D eigenvalue weighted by Crippen LogP contribution is 2.32. The summed E-state index contributed by atoms with van der Waals surface area (Å²) < 4.78 is 19.6. The van der Waals surface area contributed by atoms with Crippen LogP contribution in [0.5, 0.6) is 11.6 Å². The van der Waals surface area contributed by atoms with Crippen molar-refractivity contribution in [3.63, 3.8) is 0 Å². The monoisotopic (exact) mass is 340 g/mol. The highest BCUT2D eigenvalue weighted by atomic mass is 79.9. The highest BCUT2D eigenvalue weighted by Gasteiger charge is 2.14. The summed E-state index contributed by atoms with van der Waals surface area (Å²) in [5.41, 5.74) is 3.27. The third kappa shape index (κ3) is 3.23. The summed E-state index contributed by atoms with van der Waals surface area (Å²) in [7, 11) is 0. The number of halogens is 2. The average molecular weight is 341 g/mol. The first-order valence-corrected chi connectivity index (χ1v) is 6.88. The molecule has 0 atom stereocenters. The lowest BCUT2D eigenvalue weighted by molar-refractivity contribution is 0.447. The summed E-state index contributed by atoms with van der Waals surface area (Å²) in [6.45, 7) is 2.02. The van der Waals surface area contributed by atoms with Crippen molar-refractivity contribution in [2.24, 2.45) is 5.84 Å². The zero-order chi connectivity index (χ0) is 14.5. The van der Waals surface area contributed by atoms with Crippen molar-refractivity contribution >= 4 is 21.7 Å². The van der Waals surface area contributed by atoms with E-state index in [1.54, 1.807) is 6.07 Å². The lowest BCUT2D eigenvalue weighted by Gasteiger charge is -2.13. The summed E-state index contributed by atoms with van der Waals surface area (Å²) in [6.07, 6.45) is 2.92. The molecule has 0 bridgehead atoms. The molecule has 0 aliphatic carbocycles. The molecule has 0 saturated carbocycles. The van der Waals surface area contributed by atoms with Gasteiger partial charge in [0.1, 0.15) is 23.7 Å². The molecule has 7 heteroatoms. The van der Waals surface area contributed by atoms with E-state index in [4.69, 9.17) is 10.6 Å². The molecule has 2 rings (SSSR count). The number of nitrogens with one attached hydrogen (secondary N) is 1. The summed E-state index contributed by atoms with van der Waals surface area (Å²) >= 11 is 3.31. The van der Waals surface area contributed by atoms with Gasteiger partial charge in [-0.05, 0) is 34.5 Å². The second kappa shape index (κ2) is 6.62. The van der Waals surface area contributed by atoms with E-state index in [0.29, 0.717) is 28.3 Å². The Kier molecular flexibility index (Phi) is 4.86. The Hall–Kier alpha value is -1.73. The number of aromatic nitrogens is 2. The number of hydrogen-bond acceptors (Lipinski definition) is 5. The molecule has 2 aromatic rings. The van der Waals surface area contributed by atoms with Crippen LogP contribution in [0.25, 0.3) is 0 Å². The third-order valence-corrected chi connectivity index (χ3v) is 3.30. The Bertz CT molecular complexity index is 609. The van der Waals surface area contributed by atoms with Crippen molar-refractivity contribution in [2.45, 2.75) is 19.8 Å². The first kappa shape index (κ1) is 14.7. The van der Waals surface area contributed by atoms with Crippen molar-refractivity contribution in [1.82, 2.24) is 9.97 Å². The van der Waals surface area contributed by atoms with E-state index in [1.807, 2.05) is 6.92 Å². The molecule has 0 fully saturated rings. The molecular formula is C13H14BrFN4O. The van der Waals surface area contributed by atoms with Crippen LogP contribution in [0.1, 0.15) is 18.9 Å². The van der Waals surface area contributed by atoms with E-state index >= 15 is 0 Å². The molecule has 106 valence electrons. The summed E-state index contributed by atoms with van der Waals surface area (Å²) in [4.78, 5) is 8.14. The van der Waals surface area contributed by atoms with Crippen molar-refractivity contribution < 1.29 is 9.13 Å². The van der Waals surface area contributed by atoms with E-state index in [0.717, 1.165) is 12.0 Å². The van der Waals surface area contributed by atoms with Gasteiger partial charge in [0, 0.05) is 6.07 Å². The Morgan fingerprint density at radius 2 is 2.20 bits per heavy atom.